The van der Waals surface area contributed by atoms with E-state index in [2.05, 4.69) is 5.32 Å². The van der Waals surface area contributed by atoms with Gasteiger partial charge in [-0.05, 0) is 42.9 Å². The first-order valence-electron chi connectivity index (χ1n) is 7.49. The predicted octanol–water partition coefficient (Wildman–Crippen LogP) is 1.65. The van der Waals surface area contributed by atoms with Crippen LogP contribution in [0.3, 0.4) is 0 Å². The van der Waals surface area contributed by atoms with Crippen molar-refractivity contribution >= 4 is 11.7 Å². The van der Waals surface area contributed by atoms with E-state index in [-0.39, 0.29) is 0 Å². The normalized spacial score (nSPS) is 14.0. The highest BCUT2D eigenvalue weighted by molar-refractivity contribution is 6.12. The fourth-order valence-corrected chi connectivity index (χ4v) is 2.66. The van der Waals surface area contributed by atoms with E-state index >= 15 is 0 Å². The number of hydrogen-bond acceptors (Lipinski definition) is 4. The minimum absolute atomic E-state index is 0.391. The van der Waals surface area contributed by atoms with Crippen molar-refractivity contribution in [2.45, 2.75) is 25.7 Å². The SMILES string of the molecule is COCCCNC(=O)[C@H](C#N)C(=O)c1ccc2c(c1)CCC2. The molecule has 1 atom stereocenters. The number of benzene rings is 1. The van der Waals surface area contributed by atoms with Crippen molar-refractivity contribution in [2.75, 3.05) is 20.3 Å². The molecule has 1 aliphatic carbocycles. The third-order valence-corrected chi connectivity index (χ3v) is 3.86. The zero-order chi connectivity index (χ0) is 15.9. The van der Waals surface area contributed by atoms with Gasteiger partial charge in [0.25, 0.3) is 0 Å². The van der Waals surface area contributed by atoms with Gasteiger partial charge in [-0.25, -0.2) is 0 Å². The van der Waals surface area contributed by atoms with Crippen molar-refractivity contribution in [3.63, 3.8) is 0 Å². The van der Waals surface area contributed by atoms with Gasteiger partial charge in [0, 0.05) is 25.8 Å². The molecular weight excluding hydrogens is 280 g/mol. The molecule has 0 heterocycles. The topological polar surface area (TPSA) is 79.2 Å². The second kappa shape index (κ2) is 7.71. The Kier molecular flexibility index (Phi) is 5.68. The Morgan fingerprint density at radius 1 is 1.36 bits per heavy atom. The highest BCUT2D eigenvalue weighted by Gasteiger charge is 2.28. The van der Waals surface area contributed by atoms with E-state index < -0.39 is 17.6 Å². The van der Waals surface area contributed by atoms with E-state index in [4.69, 9.17) is 10.00 Å². The number of nitriles is 1. The van der Waals surface area contributed by atoms with Gasteiger partial charge in [0.1, 0.15) is 0 Å². The van der Waals surface area contributed by atoms with Crippen LogP contribution in [0.1, 0.15) is 34.3 Å². The lowest BCUT2D eigenvalue weighted by molar-refractivity contribution is -0.122. The fraction of sp³-hybridized carbons (Fsp3) is 0.471. The van der Waals surface area contributed by atoms with Crippen LogP contribution >= 0.6 is 0 Å². The molecule has 0 unspecified atom stereocenters. The highest BCUT2D eigenvalue weighted by Crippen LogP contribution is 2.24. The number of carbonyl (C=O) groups is 2. The average molecular weight is 300 g/mol. The summed E-state index contributed by atoms with van der Waals surface area (Å²) < 4.78 is 4.89. The Balaban J connectivity index is 2.02. The third-order valence-electron chi connectivity index (χ3n) is 3.86. The quantitative estimate of drug-likeness (QED) is 0.472. The van der Waals surface area contributed by atoms with Crippen molar-refractivity contribution in [3.8, 4) is 6.07 Å². The lowest BCUT2D eigenvalue weighted by Crippen LogP contribution is -2.35. The molecule has 2 rings (SSSR count). The molecule has 22 heavy (non-hydrogen) atoms. The van der Waals surface area contributed by atoms with Crippen LogP contribution in [0.2, 0.25) is 0 Å². The van der Waals surface area contributed by atoms with Crippen LogP contribution in [0.15, 0.2) is 18.2 Å². The van der Waals surface area contributed by atoms with E-state index in [0.29, 0.717) is 25.1 Å². The minimum Gasteiger partial charge on any atom is -0.385 e. The standard InChI is InChI=1S/C17H20N2O3/c1-22-9-3-8-19-17(21)15(11-18)16(20)14-7-6-12-4-2-5-13(12)10-14/h6-7,10,15H,2-5,8-9H2,1H3,(H,19,21)/t15-/m1/s1. The van der Waals surface area contributed by atoms with Crippen LogP contribution in [-0.4, -0.2) is 32.0 Å². The van der Waals surface area contributed by atoms with Crippen molar-refractivity contribution in [3.05, 3.63) is 34.9 Å². The molecule has 1 aliphatic rings. The number of nitrogens with one attached hydrogen (secondary N) is 1. The van der Waals surface area contributed by atoms with Gasteiger partial charge in [-0.3, -0.25) is 9.59 Å². The maximum absolute atomic E-state index is 12.4. The maximum atomic E-state index is 12.4. The zero-order valence-electron chi connectivity index (χ0n) is 12.7. The van der Waals surface area contributed by atoms with Gasteiger partial charge in [-0.2, -0.15) is 5.26 Å². The van der Waals surface area contributed by atoms with Crippen molar-refractivity contribution in [2.24, 2.45) is 5.92 Å². The van der Waals surface area contributed by atoms with E-state index in [0.717, 1.165) is 24.8 Å². The highest BCUT2D eigenvalue weighted by atomic mass is 16.5. The van der Waals surface area contributed by atoms with Gasteiger partial charge < -0.3 is 10.1 Å². The summed E-state index contributed by atoms with van der Waals surface area (Å²) in [5, 5.41) is 11.8. The number of ketones is 1. The summed E-state index contributed by atoms with van der Waals surface area (Å²) in [6.07, 6.45) is 3.73. The summed E-state index contributed by atoms with van der Waals surface area (Å²) in [7, 11) is 1.58. The van der Waals surface area contributed by atoms with E-state index in [1.807, 2.05) is 18.2 Å². The Morgan fingerprint density at radius 3 is 2.86 bits per heavy atom. The number of hydrogen-bond donors (Lipinski definition) is 1. The van der Waals surface area contributed by atoms with Crippen LogP contribution < -0.4 is 5.32 Å². The smallest absolute Gasteiger partial charge is 0.245 e. The second-order valence-corrected chi connectivity index (χ2v) is 5.40. The van der Waals surface area contributed by atoms with E-state index in [1.165, 1.54) is 5.56 Å². The van der Waals surface area contributed by atoms with Crippen LogP contribution in [0.5, 0.6) is 0 Å². The van der Waals surface area contributed by atoms with Crippen LogP contribution in [0.4, 0.5) is 0 Å². The Bertz CT molecular complexity index is 604. The summed E-state index contributed by atoms with van der Waals surface area (Å²) in [5.74, 6) is -2.26. The summed E-state index contributed by atoms with van der Waals surface area (Å²) in [4.78, 5) is 24.4. The third kappa shape index (κ3) is 3.71. The van der Waals surface area contributed by atoms with Gasteiger partial charge >= 0.3 is 0 Å². The van der Waals surface area contributed by atoms with Crippen molar-refractivity contribution in [1.29, 1.82) is 5.26 Å². The predicted molar refractivity (Wildman–Crippen MR) is 81.4 cm³/mol. The largest absolute Gasteiger partial charge is 0.385 e. The number of nitrogens with zero attached hydrogens (tertiary/aromatic N) is 1. The number of rotatable bonds is 7. The molecule has 116 valence electrons. The first-order chi connectivity index (χ1) is 10.7. The number of aryl methyl sites for hydroxylation is 2. The molecule has 1 amide bonds. The molecule has 1 N–H and O–H groups in total. The van der Waals surface area contributed by atoms with Gasteiger partial charge in [-0.1, -0.05) is 12.1 Å². The van der Waals surface area contributed by atoms with E-state index in [1.54, 1.807) is 13.2 Å². The number of carbonyl (C=O) groups excluding carboxylic acids is 2. The average Bonchev–Trinajstić information content (AvgIpc) is 2.99. The molecule has 1 aromatic rings. The summed E-state index contributed by atoms with van der Waals surface area (Å²) in [5.41, 5.74) is 2.86. The number of methoxy groups -OCH3 is 1. The fourth-order valence-electron chi connectivity index (χ4n) is 2.66. The first-order valence-corrected chi connectivity index (χ1v) is 7.49. The van der Waals surface area contributed by atoms with Gasteiger partial charge in [0.05, 0.1) is 6.07 Å². The molecule has 0 fully saturated rings. The molecule has 0 aromatic heterocycles. The van der Waals surface area contributed by atoms with E-state index in [9.17, 15) is 9.59 Å². The lowest BCUT2D eigenvalue weighted by Gasteiger charge is -2.10. The minimum atomic E-state index is -1.29. The van der Waals surface area contributed by atoms with Crippen molar-refractivity contribution < 1.29 is 14.3 Å². The van der Waals surface area contributed by atoms with Gasteiger partial charge in [-0.15, -0.1) is 0 Å². The lowest BCUT2D eigenvalue weighted by atomic mass is 9.95. The zero-order valence-corrected chi connectivity index (χ0v) is 12.7. The molecule has 5 heteroatoms. The second-order valence-electron chi connectivity index (χ2n) is 5.40. The monoisotopic (exact) mass is 300 g/mol. The Hall–Kier alpha value is -2.19. The van der Waals surface area contributed by atoms with Gasteiger partial charge in [0.2, 0.25) is 5.91 Å². The molecule has 0 spiro atoms. The molecule has 0 saturated carbocycles. The summed E-state index contributed by atoms with van der Waals surface area (Å²) in [6.45, 7) is 0.915. The molecule has 0 aliphatic heterocycles. The molecule has 0 bridgehead atoms. The molecule has 1 aromatic carbocycles. The number of Topliss-reactive ketones (excluding diaryl/α,β-unsaturated/α-hetero) is 1. The Labute approximate surface area is 130 Å². The number of fused-ring (bicyclic) bond motifs is 1. The van der Waals surface area contributed by atoms with Crippen molar-refractivity contribution in [1.82, 2.24) is 5.32 Å². The van der Waals surface area contributed by atoms with Gasteiger partial charge in [0.15, 0.2) is 11.7 Å². The molecule has 5 nitrogen and oxygen atoms in total. The number of ether oxygens (including phenoxy) is 1. The molecule has 0 radical (unpaired) electrons. The number of amides is 1. The van der Waals surface area contributed by atoms with Crippen LogP contribution in [-0.2, 0) is 22.4 Å². The molecular formula is C17H20N2O3. The maximum Gasteiger partial charge on any atom is 0.245 e. The van der Waals surface area contributed by atoms with Crippen LogP contribution in [0, 0.1) is 17.2 Å². The molecule has 0 saturated heterocycles. The first kappa shape index (κ1) is 16.2. The Morgan fingerprint density at radius 2 is 2.14 bits per heavy atom. The van der Waals surface area contributed by atoms with Crippen LogP contribution in [0.25, 0.3) is 0 Å². The summed E-state index contributed by atoms with van der Waals surface area (Å²) in [6, 6.07) is 7.29. The summed E-state index contributed by atoms with van der Waals surface area (Å²) >= 11 is 0.